The van der Waals surface area contributed by atoms with Crippen molar-refractivity contribution in [1.29, 1.82) is 0 Å². The third-order valence-electron chi connectivity index (χ3n) is 3.00. The third kappa shape index (κ3) is 6.42. The lowest BCUT2D eigenvalue weighted by Crippen LogP contribution is -2.40. The minimum absolute atomic E-state index is 0.0167. The van der Waals surface area contributed by atoms with Crippen molar-refractivity contribution in [2.45, 2.75) is 19.9 Å². The highest BCUT2D eigenvalue weighted by atomic mass is 16.5. The Morgan fingerprint density at radius 3 is 2.22 bits per heavy atom. The van der Waals surface area contributed by atoms with E-state index in [1.165, 1.54) is 11.0 Å². The predicted octanol–water partition coefficient (Wildman–Crippen LogP) is 1.70. The van der Waals surface area contributed by atoms with E-state index in [-0.39, 0.29) is 24.4 Å². The van der Waals surface area contributed by atoms with E-state index in [1.54, 1.807) is 45.5 Å². The molecule has 0 aliphatic carbocycles. The minimum atomic E-state index is -0.259. The molecule has 1 aromatic rings. The van der Waals surface area contributed by atoms with Crippen molar-refractivity contribution in [3.63, 3.8) is 0 Å². The van der Waals surface area contributed by atoms with Crippen LogP contribution >= 0.6 is 0 Å². The molecule has 23 heavy (non-hydrogen) atoms. The summed E-state index contributed by atoms with van der Waals surface area (Å²) >= 11 is 0. The van der Waals surface area contributed by atoms with Gasteiger partial charge in [-0.25, -0.2) is 0 Å². The van der Waals surface area contributed by atoms with Gasteiger partial charge in [-0.3, -0.25) is 9.59 Å². The van der Waals surface area contributed by atoms with Crippen LogP contribution in [0.4, 0.5) is 0 Å². The Morgan fingerprint density at radius 1 is 1.17 bits per heavy atom. The molecule has 0 aromatic heterocycles. The molecular weight excluding hydrogens is 296 g/mol. The molecule has 6 nitrogen and oxygen atoms in total. The lowest BCUT2D eigenvalue weighted by Gasteiger charge is -2.16. The topological polar surface area (TPSA) is 67.9 Å². The summed E-state index contributed by atoms with van der Waals surface area (Å²) in [7, 11) is 4.71. The maximum atomic E-state index is 12.0. The number of methoxy groups -OCH3 is 2. The molecule has 126 valence electrons. The van der Waals surface area contributed by atoms with E-state index in [2.05, 4.69) is 5.32 Å². The fourth-order valence-corrected chi connectivity index (χ4v) is 1.88. The van der Waals surface area contributed by atoms with Crippen LogP contribution in [-0.4, -0.2) is 50.6 Å². The molecule has 0 heterocycles. The summed E-state index contributed by atoms with van der Waals surface area (Å²) in [5.41, 5.74) is 0.773. The standard InChI is InChI=1S/C17H24N2O4/c1-12(2)18-16(20)11-19(3)17(21)7-6-13-8-14(22-4)10-15(9-13)23-5/h6-10,12H,11H2,1-5H3,(H,18,20)/b7-6+. The molecule has 1 rings (SSSR count). The van der Waals surface area contributed by atoms with Gasteiger partial charge in [-0.2, -0.15) is 0 Å². The Morgan fingerprint density at radius 2 is 1.74 bits per heavy atom. The van der Waals surface area contributed by atoms with E-state index in [4.69, 9.17) is 9.47 Å². The Hall–Kier alpha value is -2.50. The molecule has 0 fully saturated rings. The molecule has 0 radical (unpaired) electrons. The van der Waals surface area contributed by atoms with Crippen LogP contribution in [0.1, 0.15) is 19.4 Å². The molecule has 0 saturated heterocycles. The van der Waals surface area contributed by atoms with Crippen LogP contribution in [0.3, 0.4) is 0 Å². The number of nitrogens with zero attached hydrogens (tertiary/aromatic N) is 1. The molecule has 0 spiro atoms. The van der Waals surface area contributed by atoms with E-state index in [0.29, 0.717) is 11.5 Å². The fourth-order valence-electron chi connectivity index (χ4n) is 1.88. The summed E-state index contributed by atoms with van der Waals surface area (Å²) in [5, 5.41) is 2.74. The molecule has 0 atom stereocenters. The first-order chi connectivity index (χ1) is 10.8. The number of amides is 2. The third-order valence-corrected chi connectivity index (χ3v) is 3.00. The number of carbonyl (C=O) groups excluding carboxylic acids is 2. The molecule has 0 unspecified atom stereocenters. The summed E-state index contributed by atoms with van der Waals surface area (Å²) in [6, 6.07) is 5.38. The number of hydrogen-bond donors (Lipinski definition) is 1. The molecule has 1 N–H and O–H groups in total. The Bertz CT molecular complexity index is 560. The monoisotopic (exact) mass is 320 g/mol. The Balaban J connectivity index is 2.72. The second-order valence-electron chi connectivity index (χ2n) is 5.40. The fraction of sp³-hybridized carbons (Fsp3) is 0.412. The van der Waals surface area contributed by atoms with Crippen molar-refractivity contribution in [3.05, 3.63) is 29.8 Å². The van der Waals surface area contributed by atoms with Gasteiger partial charge in [0.1, 0.15) is 11.5 Å². The molecule has 0 saturated carbocycles. The molecule has 0 aliphatic rings. The summed E-state index contributed by atoms with van der Waals surface area (Å²) < 4.78 is 10.4. The number of carbonyl (C=O) groups is 2. The summed E-state index contributed by atoms with van der Waals surface area (Å²) in [4.78, 5) is 25.0. The van der Waals surface area contributed by atoms with Gasteiger partial charge in [-0.15, -0.1) is 0 Å². The average Bonchev–Trinajstić information content (AvgIpc) is 2.51. The van der Waals surface area contributed by atoms with E-state index in [9.17, 15) is 9.59 Å². The van der Waals surface area contributed by atoms with Crippen LogP contribution in [0.5, 0.6) is 11.5 Å². The average molecular weight is 320 g/mol. The second-order valence-corrected chi connectivity index (χ2v) is 5.40. The van der Waals surface area contributed by atoms with E-state index in [1.807, 2.05) is 13.8 Å². The van der Waals surface area contributed by atoms with Gasteiger partial charge < -0.3 is 19.7 Å². The van der Waals surface area contributed by atoms with Gasteiger partial charge in [0.15, 0.2) is 0 Å². The quantitative estimate of drug-likeness (QED) is 0.777. The normalized spacial score (nSPS) is 10.7. The van der Waals surface area contributed by atoms with Crippen molar-refractivity contribution < 1.29 is 19.1 Å². The maximum Gasteiger partial charge on any atom is 0.246 e. The highest BCUT2D eigenvalue weighted by Crippen LogP contribution is 2.23. The Labute approximate surface area is 137 Å². The lowest BCUT2D eigenvalue weighted by molar-refractivity contribution is -0.131. The van der Waals surface area contributed by atoms with Gasteiger partial charge in [-0.05, 0) is 37.6 Å². The molecule has 2 amide bonds. The first kappa shape index (κ1) is 18.5. The van der Waals surface area contributed by atoms with Crippen molar-refractivity contribution in [2.24, 2.45) is 0 Å². The van der Waals surface area contributed by atoms with E-state index >= 15 is 0 Å². The largest absolute Gasteiger partial charge is 0.497 e. The summed E-state index contributed by atoms with van der Waals surface area (Å²) in [6.07, 6.45) is 3.07. The van der Waals surface area contributed by atoms with Crippen molar-refractivity contribution in [3.8, 4) is 11.5 Å². The van der Waals surface area contributed by atoms with E-state index < -0.39 is 0 Å². The zero-order valence-corrected chi connectivity index (χ0v) is 14.3. The zero-order chi connectivity index (χ0) is 17.4. The van der Waals surface area contributed by atoms with E-state index in [0.717, 1.165) is 5.56 Å². The number of benzene rings is 1. The highest BCUT2D eigenvalue weighted by molar-refractivity contribution is 5.94. The number of rotatable bonds is 7. The molecule has 0 aliphatic heterocycles. The lowest BCUT2D eigenvalue weighted by atomic mass is 10.2. The maximum absolute atomic E-state index is 12.0. The summed E-state index contributed by atoms with van der Waals surface area (Å²) in [6.45, 7) is 3.76. The van der Waals surface area contributed by atoms with Crippen LogP contribution < -0.4 is 14.8 Å². The van der Waals surface area contributed by atoms with Gasteiger partial charge in [0, 0.05) is 25.2 Å². The van der Waals surface area contributed by atoms with Gasteiger partial charge in [0.25, 0.3) is 0 Å². The smallest absolute Gasteiger partial charge is 0.246 e. The van der Waals surface area contributed by atoms with Crippen LogP contribution in [0.25, 0.3) is 6.08 Å². The Kier molecular flexibility index (Phi) is 7.12. The van der Waals surface area contributed by atoms with Gasteiger partial charge in [-0.1, -0.05) is 0 Å². The van der Waals surface area contributed by atoms with Crippen molar-refractivity contribution >= 4 is 17.9 Å². The molecular formula is C17H24N2O4. The van der Waals surface area contributed by atoms with Gasteiger partial charge >= 0.3 is 0 Å². The first-order valence-corrected chi connectivity index (χ1v) is 7.31. The second kappa shape index (κ2) is 8.82. The minimum Gasteiger partial charge on any atom is -0.497 e. The summed E-state index contributed by atoms with van der Waals surface area (Å²) in [5.74, 6) is 0.834. The number of hydrogen-bond acceptors (Lipinski definition) is 4. The van der Waals surface area contributed by atoms with Crippen LogP contribution in [-0.2, 0) is 9.59 Å². The molecule has 0 bridgehead atoms. The zero-order valence-electron chi connectivity index (χ0n) is 14.3. The predicted molar refractivity (Wildman–Crippen MR) is 89.5 cm³/mol. The molecule has 1 aromatic carbocycles. The van der Waals surface area contributed by atoms with Crippen molar-refractivity contribution in [2.75, 3.05) is 27.8 Å². The highest BCUT2D eigenvalue weighted by Gasteiger charge is 2.11. The van der Waals surface area contributed by atoms with Crippen LogP contribution in [0.2, 0.25) is 0 Å². The number of ether oxygens (including phenoxy) is 2. The first-order valence-electron chi connectivity index (χ1n) is 7.31. The van der Waals surface area contributed by atoms with Crippen molar-refractivity contribution in [1.82, 2.24) is 10.2 Å². The molecule has 6 heteroatoms. The van der Waals surface area contributed by atoms with Gasteiger partial charge in [0.05, 0.1) is 20.8 Å². The number of likely N-dealkylation sites (N-methyl/N-ethyl adjacent to an activating group) is 1. The van der Waals surface area contributed by atoms with Gasteiger partial charge in [0.2, 0.25) is 11.8 Å². The van der Waals surface area contributed by atoms with Crippen LogP contribution in [0.15, 0.2) is 24.3 Å². The number of nitrogens with one attached hydrogen (secondary N) is 1. The SMILES string of the molecule is COc1cc(/C=C/C(=O)N(C)CC(=O)NC(C)C)cc(OC)c1. The van der Waals surface area contributed by atoms with Crippen LogP contribution in [0, 0.1) is 0 Å².